The van der Waals surface area contributed by atoms with Gasteiger partial charge in [-0.25, -0.2) is 0 Å². The van der Waals surface area contributed by atoms with Crippen molar-refractivity contribution in [3.63, 3.8) is 0 Å². The fraction of sp³-hybridized carbons (Fsp3) is 0.286. The predicted octanol–water partition coefficient (Wildman–Crippen LogP) is 2.24. The second-order valence-electron chi connectivity index (χ2n) is 6.87. The number of benzene rings is 1. The number of nitrogen functional groups attached to an aromatic ring is 1. The molecule has 3 N–H and O–H groups in total. The van der Waals surface area contributed by atoms with Gasteiger partial charge in [0.1, 0.15) is 0 Å². The van der Waals surface area contributed by atoms with Crippen molar-refractivity contribution in [2.24, 2.45) is 0 Å². The minimum absolute atomic E-state index is 0.0388. The number of hydrogen-bond acceptors (Lipinski definition) is 5. The summed E-state index contributed by atoms with van der Waals surface area (Å²) in [5, 5.41) is 14.1. The Hall–Kier alpha value is -3.19. The monoisotopic (exact) mass is 377 g/mol. The number of anilines is 1. The molecule has 0 radical (unpaired) electrons. The Bertz CT molecular complexity index is 1030. The molecule has 3 aromatic rings. The summed E-state index contributed by atoms with van der Waals surface area (Å²) < 4.78 is 1.93. The van der Waals surface area contributed by atoms with Crippen LogP contribution >= 0.6 is 0 Å². The third kappa shape index (κ3) is 3.14. The van der Waals surface area contributed by atoms with E-state index in [1.165, 1.54) is 0 Å². The lowest BCUT2D eigenvalue weighted by Gasteiger charge is -2.28. The molecule has 1 aliphatic rings. The fourth-order valence-electron chi connectivity index (χ4n) is 3.77. The molecule has 0 aliphatic carbocycles. The smallest absolute Gasteiger partial charge is 0.254 e. The molecule has 0 saturated carbocycles. The SMILES string of the molecule is CCn1nc(CO)c2c1CCN(C(=O)c1cccc(-c3cnccc3N)c1)C2. The van der Waals surface area contributed by atoms with Gasteiger partial charge in [0.05, 0.1) is 12.3 Å². The zero-order valence-electron chi connectivity index (χ0n) is 15.8. The van der Waals surface area contributed by atoms with Gasteiger partial charge < -0.3 is 15.7 Å². The van der Waals surface area contributed by atoms with E-state index < -0.39 is 0 Å². The standard InChI is InChI=1S/C21H23N5O2/c1-2-26-20-7-9-25(12-17(20)19(13-27)24-26)21(28)15-5-3-4-14(10-15)16-11-23-8-6-18(16)22/h3-6,8,10-11,27H,2,7,9,12-13H2,1H3,(H2,22,23). The normalized spacial score (nSPS) is 13.4. The zero-order valence-corrected chi connectivity index (χ0v) is 15.8. The van der Waals surface area contributed by atoms with E-state index in [2.05, 4.69) is 10.1 Å². The van der Waals surface area contributed by atoms with Gasteiger partial charge in [-0.3, -0.25) is 14.5 Å². The van der Waals surface area contributed by atoms with Crippen LogP contribution < -0.4 is 5.73 Å². The second kappa shape index (κ2) is 7.44. The maximum Gasteiger partial charge on any atom is 0.254 e. The van der Waals surface area contributed by atoms with Gasteiger partial charge in [0.25, 0.3) is 5.91 Å². The van der Waals surface area contributed by atoms with E-state index in [0.29, 0.717) is 30.0 Å². The van der Waals surface area contributed by atoms with Crippen LogP contribution in [0.2, 0.25) is 0 Å². The number of aromatic nitrogens is 3. The van der Waals surface area contributed by atoms with Crippen molar-refractivity contribution in [3.05, 3.63) is 65.2 Å². The summed E-state index contributed by atoms with van der Waals surface area (Å²) in [6.45, 7) is 3.75. The number of aliphatic hydroxyl groups is 1. The van der Waals surface area contributed by atoms with Gasteiger partial charge >= 0.3 is 0 Å². The largest absolute Gasteiger partial charge is 0.398 e. The van der Waals surface area contributed by atoms with Gasteiger partial charge in [0.2, 0.25) is 0 Å². The summed E-state index contributed by atoms with van der Waals surface area (Å²) in [6.07, 6.45) is 4.09. The highest BCUT2D eigenvalue weighted by atomic mass is 16.3. The van der Waals surface area contributed by atoms with Gasteiger partial charge in [-0.1, -0.05) is 12.1 Å². The van der Waals surface area contributed by atoms with Crippen molar-refractivity contribution in [3.8, 4) is 11.1 Å². The summed E-state index contributed by atoms with van der Waals surface area (Å²) >= 11 is 0. The summed E-state index contributed by atoms with van der Waals surface area (Å²) in [5.41, 5.74) is 11.7. The molecular weight excluding hydrogens is 354 g/mol. The summed E-state index contributed by atoms with van der Waals surface area (Å²) in [7, 11) is 0. The van der Waals surface area contributed by atoms with Crippen molar-refractivity contribution in [1.82, 2.24) is 19.7 Å². The molecule has 0 bridgehead atoms. The average molecular weight is 377 g/mol. The van der Waals surface area contributed by atoms with Gasteiger partial charge in [0, 0.05) is 66.5 Å². The van der Waals surface area contributed by atoms with Crippen LogP contribution in [-0.2, 0) is 26.1 Å². The Morgan fingerprint density at radius 1 is 1.32 bits per heavy atom. The molecule has 3 heterocycles. The number of nitrogens with two attached hydrogens (primary N) is 1. The Morgan fingerprint density at radius 3 is 2.93 bits per heavy atom. The molecule has 1 aliphatic heterocycles. The molecule has 0 saturated heterocycles. The quantitative estimate of drug-likeness (QED) is 0.727. The number of carbonyl (C=O) groups excluding carboxylic acids is 1. The lowest BCUT2D eigenvalue weighted by molar-refractivity contribution is 0.0732. The molecule has 2 aromatic heterocycles. The first kappa shape index (κ1) is 18.2. The first-order valence-corrected chi connectivity index (χ1v) is 9.39. The summed E-state index contributed by atoms with van der Waals surface area (Å²) in [4.78, 5) is 19.1. The van der Waals surface area contributed by atoms with Crippen molar-refractivity contribution < 1.29 is 9.90 Å². The summed E-state index contributed by atoms with van der Waals surface area (Å²) in [6, 6.07) is 9.20. The van der Waals surface area contributed by atoms with Gasteiger partial charge in [-0.2, -0.15) is 5.10 Å². The van der Waals surface area contributed by atoms with Crippen LogP contribution in [0.25, 0.3) is 11.1 Å². The Labute approximate surface area is 163 Å². The van der Waals surface area contributed by atoms with Crippen molar-refractivity contribution in [1.29, 1.82) is 0 Å². The molecule has 144 valence electrons. The van der Waals surface area contributed by atoms with E-state index in [0.717, 1.165) is 35.3 Å². The molecule has 7 nitrogen and oxygen atoms in total. The third-order valence-corrected chi connectivity index (χ3v) is 5.23. The molecule has 0 spiro atoms. The Morgan fingerprint density at radius 2 is 2.18 bits per heavy atom. The number of aryl methyl sites for hydroxylation is 1. The predicted molar refractivity (Wildman–Crippen MR) is 106 cm³/mol. The number of pyridine rings is 1. The number of aliphatic hydroxyl groups excluding tert-OH is 1. The average Bonchev–Trinajstić information content (AvgIpc) is 3.11. The van der Waals surface area contributed by atoms with Crippen molar-refractivity contribution >= 4 is 11.6 Å². The molecule has 0 fully saturated rings. The number of nitrogens with zero attached hydrogens (tertiary/aromatic N) is 4. The fourth-order valence-corrected chi connectivity index (χ4v) is 3.77. The molecule has 0 atom stereocenters. The Balaban J connectivity index is 1.62. The van der Waals surface area contributed by atoms with E-state index in [9.17, 15) is 9.90 Å². The first-order chi connectivity index (χ1) is 13.6. The maximum absolute atomic E-state index is 13.1. The number of hydrogen-bond donors (Lipinski definition) is 2. The van der Waals surface area contributed by atoms with Crippen LogP contribution in [0.15, 0.2) is 42.7 Å². The number of rotatable bonds is 4. The third-order valence-electron chi connectivity index (χ3n) is 5.23. The van der Waals surface area contributed by atoms with E-state index in [-0.39, 0.29) is 12.5 Å². The molecule has 1 amide bonds. The number of amides is 1. The van der Waals surface area contributed by atoms with Crippen LogP contribution in [0.4, 0.5) is 5.69 Å². The minimum atomic E-state index is -0.118. The molecule has 0 unspecified atom stereocenters. The van der Waals surface area contributed by atoms with Crippen molar-refractivity contribution in [2.45, 2.75) is 33.0 Å². The zero-order chi connectivity index (χ0) is 19.7. The highest BCUT2D eigenvalue weighted by Gasteiger charge is 2.27. The van der Waals surface area contributed by atoms with Crippen molar-refractivity contribution in [2.75, 3.05) is 12.3 Å². The summed E-state index contributed by atoms with van der Waals surface area (Å²) in [5.74, 6) is -0.0388. The van der Waals surface area contributed by atoms with Crippen LogP contribution in [0.5, 0.6) is 0 Å². The van der Waals surface area contributed by atoms with Crippen LogP contribution in [0.3, 0.4) is 0 Å². The molecular formula is C21H23N5O2. The highest BCUT2D eigenvalue weighted by Crippen LogP contribution is 2.27. The number of carbonyl (C=O) groups is 1. The van der Waals surface area contributed by atoms with Gasteiger partial charge in [-0.15, -0.1) is 0 Å². The van der Waals surface area contributed by atoms with Gasteiger partial charge in [-0.05, 0) is 30.7 Å². The topological polar surface area (TPSA) is 97.3 Å². The Kier molecular flexibility index (Phi) is 4.83. The van der Waals surface area contributed by atoms with Crippen LogP contribution in [-0.4, -0.2) is 37.2 Å². The second-order valence-corrected chi connectivity index (χ2v) is 6.87. The molecule has 4 rings (SSSR count). The molecule has 7 heteroatoms. The molecule has 28 heavy (non-hydrogen) atoms. The van der Waals surface area contributed by atoms with E-state index >= 15 is 0 Å². The van der Waals surface area contributed by atoms with E-state index in [1.54, 1.807) is 18.5 Å². The lowest BCUT2D eigenvalue weighted by Crippen LogP contribution is -2.36. The maximum atomic E-state index is 13.1. The highest BCUT2D eigenvalue weighted by molar-refractivity contribution is 5.96. The lowest BCUT2D eigenvalue weighted by atomic mass is 10.0. The van der Waals surface area contributed by atoms with Crippen LogP contribution in [0.1, 0.15) is 34.2 Å². The van der Waals surface area contributed by atoms with Crippen LogP contribution in [0, 0.1) is 0 Å². The van der Waals surface area contributed by atoms with Gasteiger partial charge in [0.15, 0.2) is 0 Å². The first-order valence-electron chi connectivity index (χ1n) is 9.39. The van der Waals surface area contributed by atoms with E-state index in [4.69, 9.17) is 5.73 Å². The molecule has 1 aromatic carbocycles. The number of fused-ring (bicyclic) bond motifs is 1. The minimum Gasteiger partial charge on any atom is -0.398 e. The van der Waals surface area contributed by atoms with E-state index in [1.807, 2.05) is 40.8 Å².